The molecule has 0 radical (unpaired) electrons. The Morgan fingerprint density at radius 3 is 2.28 bits per heavy atom. The van der Waals surface area contributed by atoms with Gasteiger partial charge in [-0.2, -0.15) is 4.57 Å². The van der Waals surface area contributed by atoms with Crippen molar-refractivity contribution in [2.75, 3.05) is 0 Å². The van der Waals surface area contributed by atoms with E-state index in [-0.39, 0.29) is 5.41 Å². The van der Waals surface area contributed by atoms with Crippen molar-refractivity contribution in [2.24, 2.45) is 0 Å². The first-order valence-corrected chi connectivity index (χ1v) is 10.2. The fraction of sp³-hybridized carbons (Fsp3) is 0.148. The number of hydrogen-bond donors (Lipinski definition) is 0. The van der Waals surface area contributed by atoms with Crippen LogP contribution >= 0.6 is 0 Å². The second-order valence-electron chi connectivity index (χ2n) is 8.84. The Kier molecular flexibility index (Phi) is 2.65. The lowest BCUT2D eigenvalue weighted by Gasteiger charge is -2.21. The Labute approximate surface area is 169 Å². The van der Waals surface area contributed by atoms with Gasteiger partial charge in [0.15, 0.2) is 0 Å². The molecule has 0 spiro atoms. The van der Waals surface area contributed by atoms with Crippen LogP contribution in [0, 0.1) is 0 Å². The highest BCUT2D eigenvalue weighted by Gasteiger charge is 2.47. The average molecular weight is 374 g/mol. The SMILES string of the molecule is CC1(C)c2cc3cc4ccccc4cc3c3c2-c2c1cc1ccccc1[n+]2CO3. The molecule has 0 bridgehead atoms. The molecule has 7 rings (SSSR count). The van der Waals surface area contributed by atoms with Crippen molar-refractivity contribution in [3.63, 3.8) is 0 Å². The van der Waals surface area contributed by atoms with Gasteiger partial charge in [0.25, 0.3) is 6.73 Å². The van der Waals surface area contributed by atoms with Gasteiger partial charge in [-0.15, -0.1) is 0 Å². The fourth-order valence-corrected chi connectivity index (χ4v) is 5.44. The highest BCUT2D eigenvalue weighted by Crippen LogP contribution is 2.55. The molecule has 0 unspecified atom stereocenters. The van der Waals surface area contributed by atoms with E-state index in [9.17, 15) is 0 Å². The Bertz CT molecular complexity index is 1530. The molecular weight excluding hydrogens is 354 g/mol. The highest BCUT2D eigenvalue weighted by atomic mass is 16.5. The van der Waals surface area contributed by atoms with Crippen LogP contribution in [0.3, 0.4) is 0 Å². The van der Waals surface area contributed by atoms with Gasteiger partial charge in [-0.1, -0.05) is 50.2 Å². The second-order valence-corrected chi connectivity index (χ2v) is 8.84. The minimum atomic E-state index is -0.0568. The molecule has 138 valence electrons. The minimum Gasteiger partial charge on any atom is -0.434 e. The molecule has 0 atom stereocenters. The molecule has 0 fully saturated rings. The average Bonchev–Trinajstić information content (AvgIpc) is 2.97. The predicted octanol–water partition coefficient (Wildman–Crippen LogP) is 6.09. The molecule has 1 aliphatic carbocycles. The van der Waals surface area contributed by atoms with Crippen LogP contribution in [-0.2, 0) is 12.1 Å². The van der Waals surface area contributed by atoms with E-state index in [0.717, 1.165) is 5.75 Å². The molecule has 2 heterocycles. The zero-order chi connectivity index (χ0) is 19.3. The monoisotopic (exact) mass is 374 g/mol. The number of fused-ring (bicyclic) bond motifs is 5. The summed E-state index contributed by atoms with van der Waals surface area (Å²) in [5.41, 5.74) is 6.56. The van der Waals surface area contributed by atoms with Gasteiger partial charge in [-0.3, -0.25) is 0 Å². The Balaban J connectivity index is 1.69. The van der Waals surface area contributed by atoms with Crippen LogP contribution in [0.2, 0.25) is 0 Å². The lowest BCUT2D eigenvalue weighted by molar-refractivity contribution is -0.693. The molecule has 0 N–H and O–H groups in total. The number of hydrogen-bond acceptors (Lipinski definition) is 1. The van der Waals surface area contributed by atoms with Crippen LogP contribution in [0.25, 0.3) is 43.7 Å². The molecule has 1 aromatic heterocycles. The van der Waals surface area contributed by atoms with Crippen molar-refractivity contribution in [2.45, 2.75) is 26.0 Å². The van der Waals surface area contributed by atoms with Gasteiger partial charge in [0, 0.05) is 27.8 Å². The van der Waals surface area contributed by atoms with Crippen LogP contribution in [0.4, 0.5) is 0 Å². The van der Waals surface area contributed by atoms with Crippen LogP contribution in [0.15, 0.2) is 72.8 Å². The maximum Gasteiger partial charge on any atom is 0.293 e. The number of benzene rings is 4. The lowest BCUT2D eigenvalue weighted by Crippen LogP contribution is -2.42. The Hall–Kier alpha value is -3.39. The van der Waals surface area contributed by atoms with E-state index in [2.05, 4.69) is 91.2 Å². The predicted molar refractivity (Wildman–Crippen MR) is 117 cm³/mol. The van der Waals surface area contributed by atoms with Crippen molar-refractivity contribution in [1.29, 1.82) is 0 Å². The van der Waals surface area contributed by atoms with E-state index in [1.165, 1.54) is 54.8 Å². The van der Waals surface area contributed by atoms with Gasteiger partial charge in [0.2, 0.25) is 11.2 Å². The number of pyridine rings is 1. The van der Waals surface area contributed by atoms with Crippen LogP contribution in [-0.4, -0.2) is 0 Å². The first kappa shape index (κ1) is 15.5. The van der Waals surface area contributed by atoms with Gasteiger partial charge < -0.3 is 4.74 Å². The topological polar surface area (TPSA) is 13.1 Å². The first-order chi connectivity index (χ1) is 14.1. The van der Waals surface area contributed by atoms with Crippen LogP contribution in [0.5, 0.6) is 5.75 Å². The Morgan fingerprint density at radius 2 is 1.45 bits per heavy atom. The van der Waals surface area contributed by atoms with E-state index in [0.29, 0.717) is 6.73 Å². The molecule has 2 aliphatic rings. The van der Waals surface area contributed by atoms with Gasteiger partial charge in [-0.05, 0) is 52.1 Å². The summed E-state index contributed by atoms with van der Waals surface area (Å²) in [4.78, 5) is 0. The molecule has 4 aromatic carbocycles. The fourth-order valence-electron chi connectivity index (χ4n) is 5.44. The van der Waals surface area contributed by atoms with Gasteiger partial charge in [-0.25, -0.2) is 0 Å². The number of ether oxygens (including phenoxy) is 1. The van der Waals surface area contributed by atoms with Gasteiger partial charge in [0.05, 0.1) is 5.56 Å². The second kappa shape index (κ2) is 4.96. The maximum atomic E-state index is 6.49. The van der Waals surface area contributed by atoms with Gasteiger partial charge in [0.1, 0.15) is 5.75 Å². The van der Waals surface area contributed by atoms with Crippen molar-refractivity contribution in [3.8, 4) is 17.0 Å². The quantitative estimate of drug-likeness (QED) is 0.236. The molecular formula is C27H20NO+. The van der Waals surface area contributed by atoms with Crippen molar-refractivity contribution < 1.29 is 9.30 Å². The zero-order valence-electron chi connectivity index (χ0n) is 16.5. The smallest absolute Gasteiger partial charge is 0.293 e. The third kappa shape index (κ3) is 1.80. The lowest BCUT2D eigenvalue weighted by atomic mass is 9.81. The summed E-state index contributed by atoms with van der Waals surface area (Å²) in [5, 5.41) is 6.28. The number of rotatable bonds is 0. The highest BCUT2D eigenvalue weighted by molar-refractivity contribution is 6.06. The molecule has 1 aliphatic heterocycles. The van der Waals surface area contributed by atoms with Crippen molar-refractivity contribution in [3.05, 3.63) is 83.9 Å². The van der Waals surface area contributed by atoms with E-state index < -0.39 is 0 Å². The molecule has 0 amide bonds. The molecule has 29 heavy (non-hydrogen) atoms. The van der Waals surface area contributed by atoms with E-state index in [4.69, 9.17) is 4.74 Å². The molecule has 2 heteroatoms. The summed E-state index contributed by atoms with van der Waals surface area (Å²) < 4.78 is 8.85. The molecule has 5 aromatic rings. The Morgan fingerprint density at radius 1 is 0.759 bits per heavy atom. The minimum absolute atomic E-state index is 0.0568. The largest absolute Gasteiger partial charge is 0.434 e. The zero-order valence-corrected chi connectivity index (χ0v) is 16.5. The standard InChI is InChI=1S/C27H20NO/c1-27(2)21-14-19-11-16-7-3-4-8-17(16)12-20(19)26-24(21)25-22(27)13-18-9-5-6-10-23(18)28(25)15-29-26/h3-14H,15H2,1-2H3/q+1. The number of aromatic nitrogens is 1. The molecule has 2 nitrogen and oxygen atoms in total. The van der Waals surface area contributed by atoms with Crippen molar-refractivity contribution >= 4 is 32.4 Å². The number of para-hydroxylation sites is 1. The molecule has 0 saturated carbocycles. The normalized spacial score (nSPS) is 15.7. The van der Waals surface area contributed by atoms with E-state index >= 15 is 0 Å². The summed E-state index contributed by atoms with van der Waals surface area (Å²) in [7, 11) is 0. The first-order valence-electron chi connectivity index (χ1n) is 10.2. The third-order valence-corrected chi connectivity index (χ3v) is 6.93. The summed E-state index contributed by atoms with van der Waals surface area (Å²) in [5.74, 6) is 1.05. The number of nitrogens with zero attached hydrogens (tertiary/aromatic N) is 1. The van der Waals surface area contributed by atoms with E-state index in [1.54, 1.807) is 0 Å². The van der Waals surface area contributed by atoms with Crippen molar-refractivity contribution in [1.82, 2.24) is 0 Å². The maximum absolute atomic E-state index is 6.49. The van der Waals surface area contributed by atoms with Crippen LogP contribution < -0.4 is 9.30 Å². The summed E-state index contributed by atoms with van der Waals surface area (Å²) in [6, 6.07) is 26.6. The third-order valence-electron chi connectivity index (χ3n) is 6.93. The summed E-state index contributed by atoms with van der Waals surface area (Å²) >= 11 is 0. The summed E-state index contributed by atoms with van der Waals surface area (Å²) in [6.07, 6.45) is 0. The molecule has 0 saturated heterocycles. The van der Waals surface area contributed by atoms with Crippen LogP contribution in [0.1, 0.15) is 25.0 Å². The summed E-state index contributed by atoms with van der Waals surface area (Å²) in [6.45, 7) is 5.25. The van der Waals surface area contributed by atoms with Gasteiger partial charge >= 0.3 is 0 Å². The van der Waals surface area contributed by atoms with E-state index in [1.807, 2.05) is 0 Å².